The van der Waals surface area contributed by atoms with Gasteiger partial charge < -0.3 is 11.1 Å². The van der Waals surface area contributed by atoms with Gasteiger partial charge in [0, 0.05) is 28.9 Å². The van der Waals surface area contributed by atoms with Crippen LogP contribution in [0.15, 0.2) is 24.3 Å². The third kappa shape index (κ3) is 4.45. The second-order valence-corrected chi connectivity index (χ2v) is 7.17. The van der Waals surface area contributed by atoms with Gasteiger partial charge in [0.2, 0.25) is 5.91 Å². The highest BCUT2D eigenvalue weighted by molar-refractivity contribution is 6.30. The normalized spacial score (nSPS) is 22.9. The lowest BCUT2D eigenvalue weighted by Gasteiger charge is -2.29. The van der Waals surface area contributed by atoms with E-state index < -0.39 is 0 Å². The van der Waals surface area contributed by atoms with Crippen molar-refractivity contribution >= 4 is 17.5 Å². The fraction of sp³-hybridized carbons (Fsp3) is 0.588. The minimum Gasteiger partial charge on any atom is -0.355 e. The van der Waals surface area contributed by atoms with Crippen molar-refractivity contribution < 1.29 is 4.79 Å². The first-order valence-electron chi connectivity index (χ1n) is 7.68. The van der Waals surface area contributed by atoms with Crippen LogP contribution in [0.2, 0.25) is 5.02 Å². The van der Waals surface area contributed by atoms with Gasteiger partial charge in [-0.25, -0.2) is 0 Å². The van der Waals surface area contributed by atoms with Crippen molar-refractivity contribution in [2.24, 2.45) is 11.7 Å². The number of benzene rings is 1. The predicted molar refractivity (Wildman–Crippen MR) is 87.4 cm³/mol. The van der Waals surface area contributed by atoms with E-state index in [2.05, 4.69) is 19.2 Å². The summed E-state index contributed by atoms with van der Waals surface area (Å²) in [7, 11) is 0. The number of carbonyl (C=O) groups is 1. The molecule has 4 heteroatoms. The van der Waals surface area contributed by atoms with Crippen LogP contribution >= 0.6 is 11.6 Å². The maximum atomic E-state index is 12.3. The molecule has 1 aromatic rings. The van der Waals surface area contributed by atoms with E-state index in [1.165, 1.54) is 5.56 Å². The van der Waals surface area contributed by atoms with Crippen LogP contribution in [0.25, 0.3) is 0 Å². The summed E-state index contributed by atoms with van der Waals surface area (Å²) in [6.45, 7) is 4.88. The summed E-state index contributed by atoms with van der Waals surface area (Å²) in [5, 5.41) is 3.83. The number of halogens is 1. The summed E-state index contributed by atoms with van der Waals surface area (Å²) in [6.07, 6.45) is 3.87. The van der Waals surface area contributed by atoms with Crippen LogP contribution in [-0.4, -0.2) is 18.5 Å². The zero-order chi connectivity index (χ0) is 15.5. The van der Waals surface area contributed by atoms with Gasteiger partial charge in [-0.3, -0.25) is 4.79 Å². The van der Waals surface area contributed by atoms with Crippen LogP contribution in [0.4, 0.5) is 0 Å². The fourth-order valence-corrected chi connectivity index (χ4v) is 3.05. The molecule has 3 N–H and O–H groups in total. The molecule has 0 spiro atoms. The van der Waals surface area contributed by atoms with Gasteiger partial charge in [0.05, 0.1) is 0 Å². The molecule has 2 rings (SSSR count). The number of hydrogen-bond donors (Lipinski definition) is 2. The van der Waals surface area contributed by atoms with E-state index >= 15 is 0 Å². The van der Waals surface area contributed by atoms with Crippen molar-refractivity contribution in [2.75, 3.05) is 6.54 Å². The number of hydrogen-bond acceptors (Lipinski definition) is 2. The molecule has 0 heterocycles. The molecule has 1 aromatic carbocycles. The van der Waals surface area contributed by atoms with E-state index in [9.17, 15) is 4.79 Å². The summed E-state index contributed by atoms with van der Waals surface area (Å²) in [4.78, 5) is 12.3. The highest BCUT2D eigenvalue weighted by Gasteiger charge is 2.27. The molecule has 0 aromatic heterocycles. The smallest absolute Gasteiger partial charge is 0.223 e. The van der Waals surface area contributed by atoms with Crippen molar-refractivity contribution in [1.82, 2.24) is 5.32 Å². The number of nitrogens with one attached hydrogen (secondary N) is 1. The van der Waals surface area contributed by atoms with Gasteiger partial charge >= 0.3 is 0 Å². The summed E-state index contributed by atoms with van der Waals surface area (Å²) in [6, 6.07) is 8.00. The second kappa shape index (κ2) is 6.80. The zero-order valence-corrected chi connectivity index (χ0v) is 13.6. The molecule has 1 aliphatic carbocycles. The second-order valence-electron chi connectivity index (χ2n) is 6.73. The van der Waals surface area contributed by atoms with E-state index in [1.807, 2.05) is 24.3 Å². The third-order valence-electron chi connectivity index (χ3n) is 4.42. The van der Waals surface area contributed by atoms with Gasteiger partial charge in [0.15, 0.2) is 0 Å². The third-order valence-corrected chi connectivity index (χ3v) is 4.67. The molecule has 0 bridgehead atoms. The minimum atomic E-state index is -0.114. The summed E-state index contributed by atoms with van der Waals surface area (Å²) < 4.78 is 0. The molecule has 21 heavy (non-hydrogen) atoms. The Hall–Kier alpha value is -1.06. The molecular weight excluding hydrogens is 284 g/mol. The Kier molecular flexibility index (Phi) is 5.28. The monoisotopic (exact) mass is 308 g/mol. The molecule has 3 nitrogen and oxygen atoms in total. The zero-order valence-electron chi connectivity index (χ0n) is 12.9. The van der Waals surface area contributed by atoms with Crippen molar-refractivity contribution in [1.29, 1.82) is 0 Å². The quantitative estimate of drug-likeness (QED) is 0.897. The number of rotatable bonds is 4. The SMILES string of the molecule is CC(C)(CNC(=O)C1CCCC(N)C1)c1ccc(Cl)cc1. The Morgan fingerprint density at radius 3 is 2.62 bits per heavy atom. The summed E-state index contributed by atoms with van der Waals surface area (Å²) in [5.41, 5.74) is 7.02. The van der Waals surface area contributed by atoms with E-state index in [0.29, 0.717) is 6.54 Å². The van der Waals surface area contributed by atoms with Crippen molar-refractivity contribution in [3.05, 3.63) is 34.9 Å². The molecule has 0 radical (unpaired) electrons. The van der Waals surface area contributed by atoms with Gasteiger partial charge in [-0.05, 0) is 37.0 Å². The lowest BCUT2D eigenvalue weighted by atomic mass is 9.83. The maximum Gasteiger partial charge on any atom is 0.223 e. The molecule has 1 amide bonds. The van der Waals surface area contributed by atoms with E-state index in [4.69, 9.17) is 17.3 Å². The average Bonchev–Trinajstić information content (AvgIpc) is 2.45. The number of amides is 1. The van der Waals surface area contributed by atoms with Crippen LogP contribution in [0.3, 0.4) is 0 Å². The van der Waals surface area contributed by atoms with Gasteiger partial charge in [-0.15, -0.1) is 0 Å². The molecule has 2 atom stereocenters. The van der Waals surface area contributed by atoms with Crippen molar-refractivity contribution in [2.45, 2.75) is 51.0 Å². The first kappa shape index (κ1) is 16.3. The molecule has 0 aliphatic heterocycles. The minimum absolute atomic E-state index is 0.0785. The van der Waals surface area contributed by atoms with Crippen molar-refractivity contribution in [3.8, 4) is 0 Å². The molecule has 116 valence electrons. The van der Waals surface area contributed by atoms with Gasteiger partial charge in [-0.2, -0.15) is 0 Å². The number of carbonyl (C=O) groups excluding carboxylic acids is 1. The summed E-state index contributed by atoms with van der Waals surface area (Å²) >= 11 is 5.92. The Labute approximate surface area is 132 Å². The van der Waals surface area contributed by atoms with Gasteiger partial charge in [0.1, 0.15) is 0 Å². The largest absolute Gasteiger partial charge is 0.355 e. The van der Waals surface area contributed by atoms with Crippen LogP contribution in [0.1, 0.15) is 45.1 Å². The Bertz CT molecular complexity index is 484. The molecule has 0 saturated heterocycles. The van der Waals surface area contributed by atoms with E-state index in [0.717, 1.165) is 30.7 Å². The predicted octanol–water partition coefficient (Wildman–Crippen LogP) is 3.25. The summed E-state index contributed by atoms with van der Waals surface area (Å²) in [5.74, 6) is 0.224. The number of nitrogens with two attached hydrogens (primary N) is 1. The fourth-order valence-electron chi connectivity index (χ4n) is 2.92. The Balaban J connectivity index is 1.91. The average molecular weight is 309 g/mol. The highest BCUT2D eigenvalue weighted by Crippen LogP contribution is 2.26. The highest BCUT2D eigenvalue weighted by atomic mass is 35.5. The maximum absolute atomic E-state index is 12.3. The molecule has 1 aliphatic rings. The Morgan fingerprint density at radius 2 is 2.00 bits per heavy atom. The van der Waals surface area contributed by atoms with E-state index in [1.54, 1.807) is 0 Å². The van der Waals surface area contributed by atoms with Crippen LogP contribution in [-0.2, 0) is 10.2 Å². The first-order valence-corrected chi connectivity index (χ1v) is 8.05. The molecular formula is C17H25ClN2O. The Morgan fingerprint density at radius 1 is 1.33 bits per heavy atom. The lowest BCUT2D eigenvalue weighted by molar-refractivity contribution is -0.126. The van der Waals surface area contributed by atoms with Crippen LogP contribution in [0.5, 0.6) is 0 Å². The van der Waals surface area contributed by atoms with Gasteiger partial charge in [0.25, 0.3) is 0 Å². The van der Waals surface area contributed by atoms with Crippen LogP contribution < -0.4 is 11.1 Å². The van der Waals surface area contributed by atoms with Gasteiger partial charge in [-0.1, -0.05) is 44.0 Å². The van der Waals surface area contributed by atoms with Crippen LogP contribution in [0, 0.1) is 5.92 Å². The molecule has 2 unspecified atom stereocenters. The standard InChI is InChI=1S/C17H25ClN2O/c1-17(2,13-6-8-14(18)9-7-13)11-20-16(21)12-4-3-5-15(19)10-12/h6-9,12,15H,3-5,10-11,19H2,1-2H3,(H,20,21). The van der Waals surface area contributed by atoms with E-state index in [-0.39, 0.29) is 23.3 Å². The topological polar surface area (TPSA) is 55.1 Å². The van der Waals surface area contributed by atoms with Crippen molar-refractivity contribution in [3.63, 3.8) is 0 Å². The first-order chi connectivity index (χ1) is 9.88. The lowest BCUT2D eigenvalue weighted by Crippen LogP contribution is -2.42. The molecule has 1 fully saturated rings. The molecule has 1 saturated carbocycles.